The molecular formula is C25H19NO4S. The molecule has 154 valence electrons. The number of esters is 1. The molecule has 2 atom stereocenters. The summed E-state index contributed by atoms with van der Waals surface area (Å²) in [6.45, 7) is 0.0940. The molecule has 0 saturated carbocycles. The maximum absolute atomic E-state index is 13.4. The SMILES string of the molecule is O=C(OCCN1C(=O)[C@H]2C3c4ccccc4C(c4ccccc43)[C@@H]2C1=O)c1cccs1. The van der Waals surface area contributed by atoms with Crippen molar-refractivity contribution < 1.29 is 19.1 Å². The molecule has 5 nitrogen and oxygen atoms in total. The molecule has 4 aliphatic rings. The van der Waals surface area contributed by atoms with Gasteiger partial charge in [0, 0.05) is 11.8 Å². The first-order valence-electron chi connectivity index (χ1n) is 10.4. The van der Waals surface area contributed by atoms with E-state index in [1.54, 1.807) is 17.5 Å². The standard InChI is InChI=1S/C25H19NO4S/c27-23-21-19-14-6-1-2-7-15(14)20(17-9-4-3-8-16(17)19)22(21)24(28)26(23)11-12-30-25(29)18-10-5-13-31-18/h1-10,13,19-22H,11-12H2/t19?,20?,21-,22-/m0/s1. The van der Waals surface area contributed by atoms with Gasteiger partial charge in [0.2, 0.25) is 11.8 Å². The van der Waals surface area contributed by atoms with Crippen LogP contribution in [0.4, 0.5) is 0 Å². The van der Waals surface area contributed by atoms with E-state index in [2.05, 4.69) is 24.3 Å². The largest absolute Gasteiger partial charge is 0.460 e. The molecule has 3 aromatic rings. The van der Waals surface area contributed by atoms with Crippen LogP contribution < -0.4 is 0 Å². The summed E-state index contributed by atoms with van der Waals surface area (Å²) in [4.78, 5) is 40.8. The van der Waals surface area contributed by atoms with E-state index >= 15 is 0 Å². The van der Waals surface area contributed by atoms with Crippen LogP contribution in [0.25, 0.3) is 0 Å². The molecule has 0 radical (unpaired) electrons. The minimum absolute atomic E-state index is 0.00286. The van der Waals surface area contributed by atoms with E-state index in [9.17, 15) is 14.4 Å². The Morgan fingerprint density at radius 1 is 0.806 bits per heavy atom. The average Bonchev–Trinajstić information content (AvgIpc) is 3.43. The van der Waals surface area contributed by atoms with Gasteiger partial charge in [-0.05, 0) is 33.7 Å². The highest BCUT2D eigenvalue weighted by Crippen LogP contribution is 2.60. The zero-order valence-electron chi connectivity index (χ0n) is 16.6. The lowest BCUT2D eigenvalue weighted by molar-refractivity contribution is -0.140. The van der Waals surface area contributed by atoms with Crippen molar-refractivity contribution in [2.24, 2.45) is 11.8 Å². The highest BCUT2D eigenvalue weighted by molar-refractivity contribution is 7.11. The number of benzene rings is 2. The van der Waals surface area contributed by atoms with Gasteiger partial charge < -0.3 is 4.74 Å². The lowest BCUT2D eigenvalue weighted by atomic mass is 9.55. The van der Waals surface area contributed by atoms with Gasteiger partial charge in [-0.15, -0.1) is 11.3 Å². The van der Waals surface area contributed by atoms with E-state index < -0.39 is 17.8 Å². The van der Waals surface area contributed by atoms with Crippen LogP contribution in [0.1, 0.15) is 43.8 Å². The fourth-order valence-electron chi connectivity index (χ4n) is 5.65. The third kappa shape index (κ3) is 2.58. The number of carbonyl (C=O) groups is 3. The molecule has 0 spiro atoms. The van der Waals surface area contributed by atoms with E-state index in [1.165, 1.54) is 16.2 Å². The maximum atomic E-state index is 13.4. The van der Waals surface area contributed by atoms with Gasteiger partial charge in [0.25, 0.3) is 0 Å². The number of likely N-dealkylation sites (tertiary alicyclic amines) is 1. The van der Waals surface area contributed by atoms with Gasteiger partial charge in [-0.25, -0.2) is 4.79 Å². The molecule has 31 heavy (non-hydrogen) atoms. The minimum Gasteiger partial charge on any atom is -0.460 e. The summed E-state index contributed by atoms with van der Waals surface area (Å²) in [5.74, 6) is -1.74. The normalized spacial score (nSPS) is 25.2. The Labute approximate surface area is 183 Å². The molecule has 1 aromatic heterocycles. The average molecular weight is 429 g/mol. The predicted octanol–water partition coefficient (Wildman–Crippen LogP) is 3.80. The topological polar surface area (TPSA) is 63.7 Å². The van der Waals surface area contributed by atoms with Crippen LogP contribution in [0, 0.1) is 11.8 Å². The van der Waals surface area contributed by atoms with Gasteiger partial charge in [-0.2, -0.15) is 0 Å². The van der Waals surface area contributed by atoms with Crippen molar-refractivity contribution >= 4 is 29.1 Å². The van der Waals surface area contributed by atoms with E-state index in [-0.39, 0.29) is 36.8 Å². The second kappa shape index (κ2) is 6.89. The lowest BCUT2D eigenvalue weighted by Gasteiger charge is -2.45. The smallest absolute Gasteiger partial charge is 0.348 e. The van der Waals surface area contributed by atoms with Crippen LogP contribution in [-0.2, 0) is 14.3 Å². The number of imide groups is 1. The van der Waals surface area contributed by atoms with E-state index in [1.807, 2.05) is 24.3 Å². The number of carbonyl (C=O) groups excluding carboxylic acids is 3. The number of rotatable bonds is 4. The van der Waals surface area contributed by atoms with Crippen LogP contribution in [0.15, 0.2) is 66.0 Å². The molecular weight excluding hydrogens is 410 g/mol. The van der Waals surface area contributed by atoms with E-state index in [0.717, 1.165) is 22.3 Å². The Bertz CT molecular complexity index is 1100. The van der Waals surface area contributed by atoms with Crippen molar-refractivity contribution in [3.8, 4) is 0 Å². The molecule has 2 bridgehead atoms. The number of nitrogens with zero attached hydrogens (tertiary/aromatic N) is 1. The molecule has 2 heterocycles. The Morgan fingerprint density at radius 2 is 1.32 bits per heavy atom. The van der Waals surface area contributed by atoms with Crippen molar-refractivity contribution in [1.82, 2.24) is 4.90 Å². The summed E-state index contributed by atoms with van der Waals surface area (Å²) in [7, 11) is 0. The van der Waals surface area contributed by atoms with Gasteiger partial charge in [-0.3, -0.25) is 14.5 Å². The lowest BCUT2D eigenvalue weighted by Crippen LogP contribution is -2.41. The van der Waals surface area contributed by atoms with Gasteiger partial charge in [0.05, 0.1) is 18.4 Å². The highest BCUT2D eigenvalue weighted by Gasteiger charge is 2.61. The molecule has 1 fully saturated rings. The van der Waals surface area contributed by atoms with Gasteiger partial charge in [0.1, 0.15) is 11.5 Å². The zero-order chi connectivity index (χ0) is 21.1. The predicted molar refractivity (Wildman–Crippen MR) is 115 cm³/mol. The molecule has 2 amide bonds. The molecule has 6 heteroatoms. The number of thiophene rings is 1. The Kier molecular flexibility index (Phi) is 4.11. The Balaban J connectivity index is 1.31. The molecule has 1 saturated heterocycles. The van der Waals surface area contributed by atoms with Crippen molar-refractivity contribution in [1.29, 1.82) is 0 Å². The summed E-state index contributed by atoms with van der Waals surface area (Å²) in [5.41, 5.74) is 4.61. The van der Waals surface area contributed by atoms with Crippen molar-refractivity contribution in [2.75, 3.05) is 13.2 Å². The highest BCUT2D eigenvalue weighted by atomic mass is 32.1. The first kappa shape index (κ1) is 18.5. The van der Waals surface area contributed by atoms with Crippen molar-refractivity contribution in [3.63, 3.8) is 0 Å². The second-order valence-corrected chi connectivity index (χ2v) is 9.15. The third-order valence-electron chi connectivity index (χ3n) is 6.81. The van der Waals surface area contributed by atoms with Crippen LogP contribution in [-0.4, -0.2) is 35.8 Å². The summed E-state index contributed by atoms with van der Waals surface area (Å²) < 4.78 is 5.32. The fraction of sp³-hybridized carbons (Fsp3) is 0.240. The second-order valence-electron chi connectivity index (χ2n) is 8.21. The Hall–Kier alpha value is -3.25. The maximum Gasteiger partial charge on any atom is 0.348 e. The molecule has 7 rings (SSSR count). The molecule has 2 aromatic carbocycles. The van der Waals surface area contributed by atoms with Gasteiger partial charge >= 0.3 is 5.97 Å². The Morgan fingerprint density at radius 3 is 1.77 bits per heavy atom. The number of amides is 2. The first-order chi connectivity index (χ1) is 15.2. The molecule has 1 aliphatic heterocycles. The number of hydrogen-bond acceptors (Lipinski definition) is 5. The van der Waals surface area contributed by atoms with Crippen molar-refractivity contribution in [2.45, 2.75) is 11.8 Å². The number of ether oxygens (including phenoxy) is 1. The quantitative estimate of drug-likeness (QED) is 0.468. The van der Waals surface area contributed by atoms with Crippen LogP contribution in [0.5, 0.6) is 0 Å². The van der Waals surface area contributed by atoms with E-state index in [0.29, 0.717) is 4.88 Å². The first-order valence-corrected chi connectivity index (χ1v) is 11.3. The van der Waals surface area contributed by atoms with Crippen molar-refractivity contribution in [3.05, 3.63) is 93.2 Å². The minimum atomic E-state index is -0.425. The molecule has 3 aliphatic carbocycles. The molecule has 0 unspecified atom stereocenters. The third-order valence-corrected chi connectivity index (χ3v) is 7.66. The monoisotopic (exact) mass is 429 g/mol. The van der Waals surface area contributed by atoms with Crippen LogP contribution in [0.2, 0.25) is 0 Å². The zero-order valence-corrected chi connectivity index (χ0v) is 17.4. The van der Waals surface area contributed by atoms with E-state index in [4.69, 9.17) is 4.74 Å². The van der Waals surface area contributed by atoms with Crippen LogP contribution in [0.3, 0.4) is 0 Å². The summed E-state index contributed by atoms with van der Waals surface area (Å²) in [6.07, 6.45) is 0. The summed E-state index contributed by atoms with van der Waals surface area (Å²) in [6, 6.07) is 19.8. The summed E-state index contributed by atoms with van der Waals surface area (Å²) >= 11 is 1.30. The fourth-order valence-corrected chi connectivity index (χ4v) is 6.27. The van der Waals surface area contributed by atoms with Gasteiger partial charge in [-0.1, -0.05) is 54.6 Å². The van der Waals surface area contributed by atoms with Crippen LogP contribution >= 0.6 is 11.3 Å². The van der Waals surface area contributed by atoms with Gasteiger partial charge in [0.15, 0.2) is 0 Å². The molecule has 0 N–H and O–H groups in total. The number of hydrogen-bond donors (Lipinski definition) is 0. The summed E-state index contributed by atoms with van der Waals surface area (Å²) in [5, 5.41) is 1.81.